The Morgan fingerprint density at radius 1 is 1.19 bits per heavy atom. The highest BCUT2D eigenvalue weighted by Crippen LogP contribution is 2.30. The molecule has 0 aliphatic carbocycles. The van der Waals surface area contributed by atoms with Gasteiger partial charge in [-0.05, 0) is 45.3 Å². The molecule has 4 N–H and O–H groups in total. The summed E-state index contributed by atoms with van der Waals surface area (Å²) in [5, 5.41) is 0.803. The average molecular weight is 433 g/mol. The molecule has 32 heavy (non-hydrogen) atoms. The van der Waals surface area contributed by atoms with E-state index in [2.05, 4.69) is 52.9 Å². The third-order valence-electron chi connectivity index (χ3n) is 6.07. The van der Waals surface area contributed by atoms with E-state index in [1.807, 2.05) is 30.3 Å². The number of morpholine rings is 1. The Morgan fingerprint density at radius 3 is 2.81 bits per heavy atom. The lowest BCUT2D eigenvalue weighted by atomic mass is 10.1. The quantitative estimate of drug-likeness (QED) is 0.458. The van der Waals surface area contributed by atoms with E-state index in [-0.39, 0.29) is 17.7 Å². The third-order valence-corrected chi connectivity index (χ3v) is 6.07. The largest absolute Gasteiger partial charge is 0.397 e. The molecular formula is C24H28N6O2. The predicted molar refractivity (Wildman–Crippen MR) is 129 cm³/mol. The maximum absolute atomic E-state index is 12.8. The first-order valence-electron chi connectivity index (χ1n) is 10.8. The van der Waals surface area contributed by atoms with E-state index in [9.17, 15) is 4.79 Å². The standard InChI is InChI=1S/C24H28N6O2/c1-14-13-32-16(11-29(2)3)12-30(14)15-8-9-19-20(10-15)27-23(26-19)21-22(25)17-6-4-5-7-18(17)28-24(21)31/h4-10,14,16H,11-13H2,1-3H3,(H,26,27)(H3,25,28,31)/t14-,16-/m0/s1. The molecule has 0 bridgehead atoms. The fraction of sp³-hybridized carbons (Fsp3) is 0.333. The molecule has 1 aliphatic rings. The number of aromatic nitrogens is 3. The molecule has 0 amide bonds. The van der Waals surface area contributed by atoms with Gasteiger partial charge in [-0.15, -0.1) is 0 Å². The van der Waals surface area contributed by atoms with Crippen molar-refractivity contribution in [3.05, 3.63) is 52.8 Å². The van der Waals surface area contributed by atoms with E-state index in [4.69, 9.17) is 15.5 Å². The molecule has 0 saturated carbocycles. The van der Waals surface area contributed by atoms with Crippen molar-refractivity contribution in [1.82, 2.24) is 19.9 Å². The Kier molecular flexibility index (Phi) is 5.11. The number of fused-ring (bicyclic) bond motifs is 2. The molecule has 0 spiro atoms. The second kappa shape index (κ2) is 7.96. The lowest BCUT2D eigenvalue weighted by Crippen LogP contribution is -2.51. The number of H-pyrrole nitrogens is 2. The van der Waals surface area contributed by atoms with Gasteiger partial charge < -0.3 is 30.2 Å². The van der Waals surface area contributed by atoms with Crippen LogP contribution in [0.3, 0.4) is 0 Å². The number of nitrogens with zero attached hydrogens (tertiary/aromatic N) is 3. The lowest BCUT2D eigenvalue weighted by Gasteiger charge is -2.40. The van der Waals surface area contributed by atoms with Gasteiger partial charge in [0, 0.05) is 30.2 Å². The molecule has 166 valence electrons. The highest BCUT2D eigenvalue weighted by molar-refractivity contribution is 5.97. The van der Waals surface area contributed by atoms with E-state index in [1.165, 1.54) is 0 Å². The van der Waals surface area contributed by atoms with Crippen molar-refractivity contribution < 1.29 is 4.74 Å². The van der Waals surface area contributed by atoms with Crippen molar-refractivity contribution >= 4 is 33.3 Å². The summed E-state index contributed by atoms with van der Waals surface area (Å²) in [5.41, 5.74) is 10.4. The first kappa shape index (κ1) is 20.5. The van der Waals surface area contributed by atoms with Crippen LogP contribution in [0.5, 0.6) is 0 Å². The number of ether oxygens (including phenoxy) is 1. The summed E-state index contributed by atoms with van der Waals surface area (Å²) in [7, 11) is 4.12. The number of anilines is 2. The Labute approximate surface area is 186 Å². The number of aromatic amines is 2. The van der Waals surface area contributed by atoms with Crippen molar-refractivity contribution in [3.63, 3.8) is 0 Å². The van der Waals surface area contributed by atoms with E-state index in [0.29, 0.717) is 29.2 Å². The minimum Gasteiger partial charge on any atom is -0.397 e. The van der Waals surface area contributed by atoms with Gasteiger partial charge in [0.2, 0.25) is 0 Å². The Morgan fingerprint density at radius 2 is 2.00 bits per heavy atom. The lowest BCUT2D eigenvalue weighted by molar-refractivity contribution is 0.00880. The number of nitrogens with one attached hydrogen (secondary N) is 2. The van der Waals surface area contributed by atoms with Crippen LogP contribution in [0.15, 0.2) is 47.3 Å². The van der Waals surface area contributed by atoms with Crippen LogP contribution >= 0.6 is 0 Å². The number of hydrogen-bond donors (Lipinski definition) is 3. The molecule has 1 saturated heterocycles. The number of imidazole rings is 1. The topological polar surface area (TPSA) is 103 Å². The summed E-state index contributed by atoms with van der Waals surface area (Å²) in [6, 6.07) is 13.9. The van der Waals surface area contributed by atoms with Crippen molar-refractivity contribution in [2.24, 2.45) is 0 Å². The molecule has 0 unspecified atom stereocenters. The molecule has 8 heteroatoms. The summed E-state index contributed by atoms with van der Waals surface area (Å²) < 4.78 is 6.01. The summed E-state index contributed by atoms with van der Waals surface area (Å²) in [6.07, 6.45) is 0.155. The van der Waals surface area contributed by atoms with Gasteiger partial charge in [0.1, 0.15) is 11.4 Å². The van der Waals surface area contributed by atoms with Crippen LogP contribution in [0.25, 0.3) is 33.3 Å². The minimum absolute atomic E-state index is 0.155. The smallest absolute Gasteiger partial charge is 0.261 e. The van der Waals surface area contributed by atoms with Crippen molar-refractivity contribution in [2.45, 2.75) is 19.1 Å². The molecule has 5 rings (SSSR count). The van der Waals surface area contributed by atoms with Crippen LogP contribution in [0.4, 0.5) is 11.4 Å². The van der Waals surface area contributed by atoms with E-state index in [0.717, 1.165) is 35.2 Å². The maximum Gasteiger partial charge on any atom is 0.261 e. The number of nitrogens with two attached hydrogens (primary N) is 1. The molecule has 2 aromatic carbocycles. The highest BCUT2D eigenvalue weighted by Gasteiger charge is 2.27. The molecule has 3 heterocycles. The Hall–Kier alpha value is -3.36. The van der Waals surface area contributed by atoms with Gasteiger partial charge in [0.15, 0.2) is 0 Å². The van der Waals surface area contributed by atoms with Gasteiger partial charge in [-0.2, -0.15) is 0 Å². The fourth-order valence-corrected chi connectivity index (χ4v) is 4.49. The molecular weight excluding hydrogens is 404 g/mol. The van der Waals surface area contributed by atoms with Crippen LogP contribution in [0, 0.1) is 0 Å². The normalized spacial score (nSPS) is 19.3. The molecule has 0 radical (unpaired) electrons. The molecule has 1 fully saturated rings. The first-order valence-corrected chi connectivity index (χ1v) is 10.8. The number of nitrogen functional groups attached to an aromatic ring is 1. The van der Waals surface area contributed by atoms with Gasteiger partial charge in [-0.3, -0.25) is 4.79 Å². The zero-order valence-electron chi connectivity index (χ0n) is 18.6. The zero-order valence-corrected chi connectivity index (χ0v) is 18.6. The molecule has 4 aromatic rings. The van der Waals surface area contributed by atoms with Crippen LogP contribution in [0.2, 0.25) is 0 Å². The third kappa shape index (κ3) is 3.61. The van der Waals surface area contributed by atoms with Crippen LogP contribution in [-0.4, -0.2) is 65.8 Å². The SMILES string of the molecule is C[C@H]1CO[C@@H](CN(C)C)CN1c1ccc2[nH]c(-c3c(N)c4ccccc4[nH]c3=O)nc2c1. The number of likely N-dealkylation sites (N-methyl/N-ethyl adjacent to an activating group) is 1. The molecule has 2 aromatic heterocycles. The van der Waals surface area contributed by atoms with Gasteiger partial charge in [-0.25, -0.2) is 4.98 Å². The first-order chi connectivity index (χ1) is 15.4. The minimum atomic E-state index is -0.256. The van der Waals surface area contributed by atoms with Gasteiger partial charge in [0.05, 0.1) is 34.9 Å². The Balaban J connectivity index is 1.53. The van der Waals surface area contributed by atoms with E-state index >= 15 is 0 Å². The summed E-state index contributed by atoms with van der Waals surface area (Å²) in [5.74, 6) is 0.474. The zero-order chi connectivity index (χ0) is 22.4. The van der Waals surface area contributed by atoms with Gasteiger partial charge >= 0.3 is 0 Å². The average Bonchev–Trinajstić information content (AvgIpc) is 3.17. The second-order valence-electron chi connectivity index (χ2n) is 8.79. The fourth-order valence-electron chi connectivity index (χ4n) is 4.49. The molecule has 2 atom stereocenters. The summed E-state index contributed by atoms with van der Waals surface area (Å²) >= 11 is 0. The predicted octanol–water partition coefficient (Wildman–Crippen LogP) is 2.81. The monoisotopic (exact) mass is 432 g/mol. The number of rotatable bonds is 4. The number of benzene rings is 2. The van der Waals surface area contributed by atoms with Crippen LogP contribution < -0.4 is 16.2 Å². The molecule has 1 aliphatic heterocycles. The summed E-state index contributed by atoms with van der Waals surface area (Å²) in [4.78, 5) is 28.2. The highest BCUT2D eigenvalue weighted by atomic mass is 16.5. The van der Waals surface area contributed by atoms with Crippen LogP contribution in [-0.2, 0) is 4.74 Å². The van der Waals surface area contributed by atoms with Crippen molar-refractivity contribution in [2.75, 3.05) is 44.4 Å². The number of para-hydroxylation sites is 1. The van der Waals surface area contributed by atoms with E-state index in [1.54, 1.807) is 0 Å². The van der Waals surface area contributed by atoms with Gasteiger partial charge in [0.25, 0.3) is 5.56 Å². The van der Waals surface area contributed by atoms with Crippen LogP contribution in [0.1, 0.15) is 6.92 Å². The second-order valence-corrected chi connectivity index (χ2v) is 8.79. The summed E-state index contributed by atoms with van der Waals surface area (Å²) in [6.45, 7) is 4.55. The van der Waals surface area contributed by atoms with Crippen molar-refractivity contribution in [3.8, 4) is 11.4 Å². The maximum atomic E-state index is 12.8. The Bertz CT molecular complexity index is 1340. The molecule has 8 nitrogen and oxygen atoms in total. The van der Waals surface area contributed by atoms with Crippen molar-refractivity contribution in [1.29, 1.82) is 0 Å². The number of hydrogen-bond acceptors (Lipinski definition) is 6. The number of pyridine rings is 1. The van der Waals surface area contributed by atoms with Gasteiger partial charge in [-0.1, -0.05) is 18.2 Å². The van der Waals surface area contributed by atoms with E-state index < -0.39 is 0 Å².